The molecule has 2 aromatic carbocycles. The van der Waals surface area contributed by atoms with Gasteiger partial charge in [0.25, 0.3) is 0 Å². The van der Waals surface area contributed by atoms with Crippen LogP contribution in [0.4, 0.5) is 5.95 Å². The third-order valence-corrected chi connectivity index (χ3v) is 5.88. The van der Waals surface area contributed by atoms with Gasteiger partial charge in [-0.15, -0.1) is 0 Å². The van der Waals surface area contributed by atoms with Gasteiger partial charge in [-0.1, -0.05) is 30.3 Å². The maximum atomic E-state index is 13.4. The third kappa shape index (κ3) is 2.94. The Kier molecular flexibility index (Phi) is 4.50. The Morgan fingerprint density at radius 2 is 1.83 bits per heavy atom. The van der Waals surface area contributed by atoms with Crippen LogP contribution < -0.4 is 14.8 Å². The second kappa shape index (κ2) is 7.33. The van der Waals surface area contributed by atoms with E-state index in [2.05, 4.69) is 15.4 Å². The summed E-state index contributed by atoms with van der Waals surface area (Å²) in [5.41, 5.74) is 3.67. The van der Waals surface area contributed by atoms with Crippen LogP contribution in [0.5, 0.6) is 11.5 Å². The number of Topliss-reactive ketones (excluding diaryl/α,β-unsaturated/α-hetero) is 1. The maximum Gasteiger partial charge on any atom is 0.226 e. The minimum absolute atomic E-state index is 0.0995. The minimum atomic E-state index is -0.362. The fraction of sp³-hybridized carbons (Fsp3) is 0.261. The zero-order valence-corrected chi connectivity index (χ0v) is 16.8. The highest BCUT2D eigenvalue weighted by atomic mass is 16.5. The van der Waals surface area contributed by atoms with Gasteiger partial charge in [-0.2, -0.15) is 10.1 Å². The van der Waals surface area contributed by atoms with E-state index in [9.17, 15) is 4.79 Å². The Morgan fingerprint density at radius 3 is 2.60 bits per heavy atom. The summed E-state index contributed by atoms with van der Waals surface area (Å²) in [5.74, 6) is 2.38. The standard InChI is InChI=1S/C23H22N4O3/c1-29-16-9-7-14(8-10-16)15-11-18-21(19(28)12-15)22(27-23(26-18)24-13-25-27)17-5-3-4-6-20(17)30-2/h3-10,13,15,22H,11-12H2,1-2H3,(H,24,25,26)/t15-,22+/m1/s1. The van der Waals surface area contributed by atoms with Crippen LogP contribution in [0.2, 0.25) is 0 Å². The van der Waals surface area contributed by atoms with E-state index in [1.54, 1.807) is 18.9 Å². The molecule has 0 radical (unpaired) electrons. The number of hydrogen-bond donors (Lipinski definition) is 1. The molecule has 0 saturated carbocycles. The van der Waals surface area contributed by atoms with Crippen molar-refractivity contribution in [2.24, 2.45) is 0 Å². The van der Waals surface area contributed by atoms with Crippen molar-refractivity contribution in [3.05, 3.63) is 77.3 Å². The first-order valence-electron chi connectivity index (χ1n) is 9.89. The maximum absolute atomic E-state index is 13.4. The van der Waals surface area contributed by atoms with Crippen LogP contribution in [0.25, 0.3) is 0 Å². The molecule has 2 atom stereocenters. The lowest BCUT2D eigenvalue weighted by atomic mass is 9.78. The van der Waals surface area contributed by atoms with E-state index >= 15 is 0 Å². The molecule has 0 fully saturated rings. The molecule has 0 amide bonds. The van der Waals surface area contributed by atoms with Crippen molar-refractivity contribution in [3.8, 4) is 11.5 Å². The van der Waals surface area contributed by atoms with Gasteiger partial charge in [0.1, 0.15) is 23.9 Å². The van der Waals surface area contributed by atoms with Gasteiger partial charge >= 0.3 is 0 Å². The molecule has 152 valence electrons. The summed E-state index contributed by atoms with van der Waals surface area (Å²) in [6, 6.07) is 15.3. The zero-order valence-electron chi connectivity index (χ0n) is 16.8. The highest BCUT2D eigenvalue weighted by molar-refractivity contribution is 6.00. The summed E-state index contributed by atoms with van der Waals surface area (Å²) in [7, 11) is 3.29. The second-order valence-electron chi connectivity index (χ2n) is 7.49. The van der Waals surface area contributed by atoms with Crippen LogP contribution in [-0.2, 0) is 4.79 Å². The number of anilines is 1. The summed E-state index contributed by atoms with van der Waals surface area (Å²) in [4.78, 5) is 17.8. The Labute approximate surface area is 174 Å². The minimum Gasteiger partial charge on any atom is -0.497 e. The number of methoxy groups -OCH3 is 2. The van der Waals surface area contributed by atoms with Gasteiger partial charge in [0.2, 0.25) is 5.95 Å². The Hall–Kier alpha value is -3.61. The fourth-order valence-corrected chi connectivity index (χ4v) is 4.44. The molecular weight excluding hydrogens is 380 g/mol. The first-order chi connectivity index (χ1) is 14.7. The van der Waals surface area contributed by atoms with Crippen molar-refractivity contribution >= 4 is 11.7 Å². The van der Waals surface area contributed by atoms with Crippen molar-refractivity contribution in [1.29, 1.82) is 0 Å². The van der Waals surface area contributed by atoms with Gasteiger partial charge in [0, 0.05) is 23.3 Å². The SMILES string of the molecule is COc1ccc([C@H]2CC(=O)C3=C(C2)Nc2ncnn2[C@H]3c2ccccc2OC)cc1. The molecule has 3 aromatic rings. The summed E-state index contributed by atoms with van der Waals surface area (Å²) in [6.45, 7) is 0. The van der Waals surface area contributed by atoms with Crippen molar-refractivity contribution < 1.29 is 14.3 Å². The molecule has 1 aromatic heterocycles. The van der Waals surface area contributed by atoms with E-state index in [4.69, 9.17) is 9.47 Å². The number of ether oxygens (including phenoxy) is 2. The first-order valence-corrected chi connectivity index (χ1v) is 9.89. The number of benzene rings is 2. The average Bonchev–Trinajstić information content (AvgIpc) is 3.25. The quantitative estimate of drug-likeness (QED) is 0.717. The largest absolute Gasteiger partial charge is 0.497 e. The molecule has 7 nitrogen and oxygen atoms in total. The Bertz CT molecular complexity index is 1130. The van der Waals surface area contributed by atoms with E-state index in [1.807, 2.05) is 48.5 Å². The molecule has 7 heteroatoms. The normalized spacial score (nSPS) is 20.3. The number of nitrogens with zero attached hydrogens (tertiary/aromatic N) is 3. The fourth-order valence-electron chi connectivity index (χ4n) is 4.44. The molecule has 1 N–H and O–H groups in total. The van der Waals surface area contributed by atoms with E-state index in [0.717, 1.165) is 40.3 Å². The number of carbonyl (C=O) groups excluding carboxylic acids is 1. The molecule has 0 saturated heterocycles. The van der Waals surface area contributed by atoms with Gasteiger partial charge < -0.3 is 14.8 Å². The summed E-state index contributed by atoms with van der Waals surface area (Å²) >= 11 is 0. The van der Waals surface area contributed by atoms with Crippen LogP contribution in [0.15, 0.2) is 66.1 Å². The van der Waals surface area contributed by atoms with E-state index < -0.39 is 0 Å². The lowest BCUT2D eigenvalue weighted by molar-refractivity contribution is -0.116. The van der Waals surface area contributed by atoms with E-state index in [0.29, 0.717) is 12.4 Å². The molecule has 30 heavy (non-hydrogen) atoms. The van der Waals surface area contributed by atoms with Gasteiger partial charge in [0.05, 0.1) is 14.2 Å². The molecule has 0 bridgehead atoms. The number of aromatic nitrogens is 3. The molecule has 1 aliphatic heterocycles. The molecule has 0 spiro atoms. The Morgan fingerprint density at radius 1 is 1.03 bits per heavy atom. The van der Waals surface area contributed by atoms with Crippen LogP contribution in [0.1, 0.15) is 35.9 Å². The number of ketones is 1. The number of para-hydroxylation sites is 1. The lowest BCUT2D eigenvalue weighted by Gasteiger charge is -2.35. The molecular formula is C23H22N4O3. The Balaban J connectivity index is 1.58. The van der Waals surface area contributed by atoms with Crippen LogP contribution >= 0.6 is 0 Å². The number of carbonyl (C=O) groups is 1. The van der Waals surface area contributed by atoms with Crippen LogP contribution in [0.3, 0.4) is 0 Å². The van der Waals surface area contributed by atoms with Gasteiger partial charge in [-0.25, -0.2) is 4.68 Å². The summed E-state index contributed by atoms with van der Waals surface area (Å²) < 4.78 is 12.6. The predicted octanol–water partition coefficient (Wildman–Crippen LogP) is 3.71. The number of hydrogen-bond acceptors (Lipinski definition) is 6. The monoisotopic (exact) mass is 402 g/mol. The number of allylic oxidation sites excluding steroid dienone is 2. The third-order valence-electron chi connectivity index (χ3n) is 5.88. The van der Waals surface area contributed by atoms with E-state index in [-0.39, 0.29) is 17.7 Å². The van der Waals surface area contributed by atoms with Crippen molar-refractivity contribution in [3.63, 3.8) is 0 Å². The molecule has 2 aliphatic rings. The van der Waals surface area contributed by atoms with Gasteiger partial charge in [0.15, 0.2) is 5.78 Å². The summed E-state index contributed by atoms with van der Waals surface area (Å²) in [6.07, 6.45) is 2.68. The van der Waals surface area contributed by atoms with Gasteiger partial charge in [-0.3, -0.25) is 4.79 Å². The highest BCUT2D eigenvalue weighted by Crippen LogP contribution is 2.45. The van der Waals surface area contributed by atoms with Gasteiger partial charge in [-0.05, 0) is 36.1 Å². The van der Waals surface area contributed by atoms with Crippen molar-refractivity contribution in [2.45, 2.75) is 24.8 Å². The molecule has 1 aliphatic carbocycles. The molecule has 0 unspecified atom stereocenters. The number of nitrogens with one attached hydrogen (secondary N) is 1. The summed E-state index contributed by atoms with van der Waals surface area (Å²) in [5, 5.41) is 7.75. The molecule has 5 rings (SSSR count). The zero-order chi connectivity index (χ0) is 20.7. The van der Waals surface area contributed by atoms with Crippen LogP contribution in [-0.4, -0.2) is 34.8 Å². The van der Waals surface area contributed by atoms with E-state index in [1.165, 1.54) is 6.33 Å². The number of rotatable bonds is 4. The van der Waals surface area contributed by atoms with Crippen molar-refractivity contribution in [1.82, 2.24) is 14.8 Å². The smallest absolute Gasteiger partial charge is 0.226 e. The first kappa shape index (κ1) is 18.4. The highest BCUT2D eigenvalue weighted by Gasteiger charge is 2.40. The second-order valence-corrected chi connectivity index (χ2v) is 7.49. The predicted molar refractivity (Wildman–Crippen MR) is 112 cm³/mol. The van der Waals surface area contributed by atoms with Crippen molar-refractivity contribution in [2.75, 3.05) is 19.5 Å². The lowest BCUT2D eigenvalue weighted by Crippen LogP contribution is -2.33. The van der Waals surface area contributed by atoms with Crippen LogP contribution in [0, 0.1) is 0 Å². The average molecular weight is 402 g/mol. The topological polar surface area (TPSA) is 78.3 Å². The number of fused-ring (bicyclic) bond motifs is 1. The molecule has 2 heterocycles.